The maximum absolute atomic E-state index is 5.49. The molecule has 0 spiro atoms. The zero-order valence-corrected chi connectivity index (χ0v) is 8.43. The van der Waals surface area contributed by atoms with Gasteiger partial charge in [0.25, 0.3) is 0 Å². The van der Waals surface area contributed by atoms with E-state index in [1.54, 1.807) is 0 Å². The second-order valence-corrected chi connectivity index (χ2v) is 7.10. The van der Waals surface area contributed by atoms with Crippen LogP contribution in [0.15, 0.2) is 0 Å². The molecule has 0 aliphatic heterocycles. The van der Waals surface area contributed by atoms with E-state index < -0.39 is 8.24 Å². The fourth-order valence-electron chi connectivity index (χ4n) is 0. The molecule has 3 heteroatoms. The molecule has 0 rings (SSSR count). The fraction of sp³-hybridized carbons (Fsp3) is 1.00. The first-order chi connectivity index (χ1) is 2.00. The third kappa shape index (κ3) is 82.6. The maximum Gasteiger partial charge on any atom is 2.00 e. The van der Waals surface area contributed by atoms with E-state index in [9.17, 15) is 0 Å². The summed E-state index contributed by atoms with van der Waals surface area (Å²) >= 11 is 0. The Labute approximate surface area is 57.3 Å². The van der Waals surface area contributed by atoms with Gasteiger partial charge in [0.1, 0.15) is 8.24 Å². The van der Waals surface area contributed by atoms with Crippen LogP contribution >= 0.6 is 0 Å². The van der Waals surface area contributed by atoms with Crippen LogP contribution in [0, 0.1) is 0 Å². The smallest absolute Gasteiger partial charge is 0.351 e. The molecule has 0 aliphatic rings. The number of nitrogens with two attached hydrogens (primary N) is 1. The summed E-state index contributed by atoms with van der Waals surface area (Å²) < 4.78 is 0. The Kier molecular flexibility index (Phi) is 5.10. The zero-order valence-electron chi connectivity index (χ0n) is 4.58. The SMILES string of the molecule is C[Si](C)(C)N.[Sn+2]. The monoisotopic (exact) mass is 209 g/mol. The molecule has 2 N–H and O–H groups in total. The summed E-state index contributed by atoms with van der Waals surface area (Å²) in [4.78, 5) is 0. The normalized spacial score (nSPS) is 10.0. The zero-order chi connectivity index (χ0) is 4.50. The van der Waals surface area contributed by atoms with E-state index in [0.717, 1.165) is 0 Å². The van der Waals surface area contributed by atoms with E-state index in [0.29, 0.717) is 0 Å². The minimum Gasteiger partial charge on any atom is -0.351 e. The summed E-state index contributed by atoms with van der Waals surface area (Å²) in [5.41, 5.74) is 0. The standard InChI is InChI=1S/C3H11NSi.Sn/c1-5(2,3)4;/h4H2,1-3H3;/q;+2. The van der Waals surface area contributed by atoms with Crippen molar-refractivity contribution in [3.05, 3.63) is 0 Å². The first-order valence-corrected chi connectivity index (χ1v) is 5.37. The Bertz CT molecular complexity index is 26.3. The van der Waals surface area contributed by atoms with Gasteiger partial charge in [-0.1, -0.05) is 19.6 Å². The van der Waals surface area contributed by atoms with Crippen LogP contribution in [0.25, 0.3) is 0 Å². The van der Waals surface area contributed by atoms with Crippen molar-refractivity contribution in [3.8, 4) is 0 Å². The van der Waals surface area contributed by atoms with E-state index in [1.807, 2.05) is 0 Å². The Morgan fingerprint density at radius 3 is 1.17 bits per heavy atom. The molecule has 34 valence electrons. The third-order valence-corrected chi connectivity index (χ3v) is 0. The predicted molar refractivity (Wildman–Crippen MR) is 33.3 cm³/mol. The average molecular weight is 208 g/mol. The van der Waals surface area contributed by atoms with Gasteiger partial charge in [-0.05, 0) is 0 Å². The van der Waals surface area contributed by atoms with Crippen LogP contribution in [0.5, 0.6) is 0 Å². The Morgan fingerprint density at radius 1 is 1.17 bits per heavy atom. The molecule has 0 aromatic heterocycles. The van der Waals surface area contributed by atoms with E-state index in [1.165, 1.54) is 0 Å². The molecular formula is C3H11NSiSn+2. The summed E-state index contributed by atoms with van der Waals surface area (Å²) in [7, 11) is -1.11. The molecule has 0 saturated heterocycles. The van der Waals surface area contributed by atoms with Gasteiger partial charge in [-0.15, -0.1) is 0 Å². The Morgan fingerprint density at radius 2 is 1.17 bits per heavy atom. The third-order valence-electron chi connectivity index (χ3n) is 0. The van der Waals surface area contributed by atoms with Crippen LogP contribution in [-0.4, -0.2) is 32.1 Å². The minimum atomic E-state index is -1.11. The van der Waals surface area contributed by atoms with Crippen LogP contribution in [0.4, 0.5) is 0 Å². The number of hydrogen-bond donors (Lipinski definition) is 1. The van der Waals surface area contributed by atoms with Gasteiger partial charge >= 0.3 is 23.9 Å². The molecule has 0 aromatic carbocycles. The van der Waals surface area contributed by atoms with Gasteiger partial charge in [-0.3, -0.25) is 0 Å². The maximum atomic E-state index is 5.49. The van der Waals surface area contributed by atoms with Crippen LogP contribution in [-0.2, 0) is 0 Å². The summed E-state index contributed by atoms with van der Waals surface area (Å²) in [6.45, 7) is 6.31. The summed E-state index contributed by atoms with van der Waals surface area (Å²) in [6, 6.07) is 0. The second-order valence-electron chi connectivity index (χ2n) is 2.37. The molecule has 1 nitrogen and oxygen atoms in total. The van der Waals surface area contributed by atoms with Gasteiger partial charge < -0.3 is 5.40 Å². The molecule has 0 bridgehead atoms. The molecule has 0 heterocycles. The van der Waals surface area contributed by atoms with Crippen molar-refractivity contribution in [1.29, 1.82) is 0 Å². The first kappa shape index (κ1) is 10.1. The number of hydrogen-bond acceptors (Lipinski definition) is 1. The molecule has 6 heavy (non-hydrogen) atoms. The first-order valence-electron chi connectivity index (χ1n) is 1.79. The van der Waals surface area contributed by atoms with Crippen molar-refractivity contribution in [3.63, 3.8) is 0 Å². The average Bonchev–Trinajstić information content (AvgIpc) is 0.722. The van der Waals surface area contributed by atoms with Crippen molar-refractivity contribution in [2.24, 2.45) is 5.40 Å². The molecular weight excluding hydrogens is 197 g/mol. The van der Waals surface area contributed by atoms with E-state index in [2.05, 4.69) is 19.6 Å². The molecule has 0 atom stereocenters. The molecule has 0 saturated carbocycles. The van der Waals surface area contributed by atoms with Gasteiger partial charge in [0, 0.05) is 0 Å². The molecule has 0 amide bonds. The van der Waals surface area contributed by atoms with Crippen LogP contribution in [0.1, 0.15) is 0 Å². The van der Waals surface area contributed by atoms with E-state index >= 15 is 0 Å². The fourth-order valence-corrected chi connectivity index (χ4v) is 0. The minimum absolute atomic E-state index is 0. The van der Waals surface area contributed by atoms with Crippen LogP contribution < -0.4 is 5.40 Å². The van der Waals surface area contributed by atoms with Gasteiger partial charge in [-0.2, -0.15) is 0 Å². The van der Waals surface area contributed by atoms with Crippen molar-refractivity contribution < 1.29 is 0 Å². The second kappa shape index (κ2) is 3.04. The van der Waals surface area contributed by atoms with E-state index in [4.69, 9.17) is 5.40 Å². The topological polar surface area (TPSA) is 26.0 Å². The molecule has 0 aliphatic carbocycles. The summed E-state index contributed by atoms with van der Waals surface area (Å²) in [6.07, 6.45) is 0. The van der Waals surface area contributed by atoms with Crippen molar-refractivity contribution in [1.82, 2.24) is 0 Å². The van der Waals surface area contributed by atoms with Crippen molar-refractivity contribution in [2.75, 3.05) is 0 Å². The van der Waals surface area contributed by atoms with Gasteiger partial charge in [0.15, 0.2) is 0 Å². The van der Waals surface area contributed by atoms with Gasteiger partial charge in [0.05, 0.1) is 0 Å². The van der Waals surface area contributed by atoms with Crippen LogP contribution in [0.3, 0.4) is 0 Å². The quantitative estimate of drug-likeness (QED) is 0.572. The molecule has 0 fully saturated rings. The summed E-state index contributed by atoms with van der Waals surface area (Å²) in [5, 5.41) is 5.49. The number of rotatable bonds is 0. The Hall–Kier alpha value is 0.976. The van der Waals surface area contributed by atoms with E-state index in [-0.39, 0.29) is 23.9 Å². The molecule has 0 unspecified atom stereocenters. The largest absolute Gasteiger partial charge is 2.00 e. The Balaban J connectivity index is 0. The van der Waals surface area contributed by atoms with Crippen LogP contribution in [0.2, 0.25) is 19.6 Å². The van der Waals surface area contributed by atoms with Crippen molar-refractivity contribution in [2.45, 2.75) is 19.6 Å². The van der Waals surface area contributed by atoms with Crippen molar-refractivity contribution >= 4 is 32.1 Å². The molecule has 0 aromatic rings. The molecule has 2 radical (unpaired) electrons. The van der Waals surface area contributed by atoms with Gasteiger partial charge in [-0.25, -0.2) is 0 Å². The van der Waals surface area contributed by atoms with Gasteiger partial charge in [0.2, 0.25) is 0 Å². The summed E-state index contributed by atoms with van der Waals surface area (Å²) in [5.74, 6) is 0. The predicted octanol–water partition coefficient (Wildman–Crippen LogP) is 0.399.